The first-order valence-corrected chi connectivity index (χ1v) is 11.7. The lowest BCUT2D eigenvalue weighted by Gasteiger charge is -2.32. The number of H-pyrrole nitrogens is 1. The van der Waals surface area contributed by atoms with Crippen molar-refractivity contribution < 1.29 is 9.53 Å². The molecule has 4 rings (SSSR count). The van der Waals surface area contributed by atoms with Gasteiger partial charge in [0.1, 0.15) is 5.78 Å². The van der Waals surface area contributed by atoms with E-state index in [0.29, 0.717) is 29.0 Å². The van der Waals surface area contributed by atoms with E-state index in [9.17, 15) is 4.79 Å². The number of ether oxygens (including phenoxy) is 1. The fraction of sp³-hybridized carbons (Fsp3) is 0.391. The summed E-state index contributed by atoms with van der Waals surface area (Å²) in [5.41, 5.74) is 8.05. The molecule has 1 fully saturated rings. The number of nitrogens with zero attached hydrogens (tertiary/aromatic N) is 4. The zero-order chi connectivity index (χ0) is 23.4. The first-order valence-electron chi connectivity index (χ1n) is 10.9. The molecule has 0 amide bonds. The van der Waals surface area contributed by atoms with Gasteiger partial charge in [-0.25, -0.2) is 9.97 Å². The molecule has 1 aromatic carbocycles. The molecule has 1 aliphatic heterocycles. The van der Waals surface area contributed by atoms with Crippen molar-refractivity contribution in [3.05, 3.63) is 41.6 Å². The van der Waals surface area contributed by atoms with Crippen molar-refractivity contribution >= 4 is 35.0 Å². The van der Waals surface area contributed by atoms with Crippen LogP contribution in [0, 0.1) is 6.92 Å². The van der Waals surface area contributed by atoms with Crippen LogP contribution in [0.3, 0.4) is 0 Å². The number of Topliss-reactive ketones (excluding diaryl/α,β-unsaturated/α-hetero) is 1. The van der Waals surface area contributed by atoms with Crippen LogP contribution in [-0.4, -0.2) is 52.2 Å². The van der Waals surface area contributed by atoms with Crippen LogP contribution in [-0.2, 0) is 11.2 Å². The zero-order valence-electron chi connectivity index (χ0n) is 19.1. The quantitative estimate of drug-likeness (QED) is 0.427. The van der Waals surface area contributed by atoms with Crippen LogP contribution in [0.2, 0.25) is 0 Å². The average molecular weight is 468 g/mol. The van der Waals surface area contributed by atoms with E-state index in [1.807, 2.05) is 37.3 Å². The molecule has 33 heavy (non-hydrogen) atoms. The number of benzene rings is 1. The predicted molar refractivity (Wildman–Crippen MR) is 130 cm³/mol. The highest BCUT2D eigenvalue weighted by Crippen LogP contribution is 2.38. The van der Waals surface area contributed by atoms with Gasteiger partial charge in [-0.05, 0) is 56.1 Å². The summed E-state index contributed by atoms with van der Waals surface area (Å²) in [6.07, 6.45) is 2.23. The van der Waals surface area contributed by atoms with Crippen LogP contribution in [0.4, 0.5) is 17.5 Å². The Labute approximate surface area is 197 Å². The van der Waals surface area contributed by atoms with Crippen LogP contribution >= 0.6 is 11.8 Å². The number of aromatic amines is 1. The second-order valence-electron chi connectivity index (χ2n) is 8.22. The Bertz CT molecular complexity index is 1110. The molecule has 0 bridgehead atoms. The molecular weight excluding hydrogens is 438 g/mol. The molecule has 9 nitrogen and oxygen atoms in total. The highest BCUT2D eigenvalue weighted by atomic mass is 32.2. The van der Waals surface area contributed by atoms with E-state index < -0.39 is 0 Å². The Balaban J connectivity index is 1.67. The molecule has 174 valence electrons. The third-order valence-electron chi connectivity index (χ3n) is 5.41. The van der Waals surface area contributed by atoms with Crippen molar-refractivity contribution in [3.63, 3.8) is 0 Å². The van der Waals surface area contributed by atoms with Gasteiger partial charge in [-0.2, -0.15) is 5.10 Å². The van der Waals surface area contributed by atoms with E-state index in [4.69, 9.17) is 20.4 Å². The SMILES string of the molecule is COc1c(Nc2cc(C)[nH]n2)nc(Sc2ccc(CC(C)=O)cc2)nc1N1CCC(N)CC1. The number of nitrogens with two attached hydrogens (primary N) is 1. The van der Waals surface area contributed by atoms with Crippen molar-refractivity contribution in [2.24, 2.45) is 5.73 Å². The Morgan fingerprint density at radius 2 is 2.00 bits per heavy atom. The second-order valence-corrected chi connectivity index (χ2v) is 9.26. The average Bonchev–Trinajstić information content (AvgIpc) is 3.19. The molecule has 0 saturated carbocycles. The summed E-state index contributed by atoms with van der Waals surface area (Å²) >= 11 is 1.46. The fourth-order valence-corrected chi connectivity index (χ4v) is 4.49. The first-order chi connectivity index (χ1) is 15.9. The third kappa shape index (κ3) is 5.82. The topological polar surface area (TPSA) is 122 Å². The number of hydrogen-bond acceptors (Lipinski definition) is 9. The van der Waals surface area contributed by atoms with Gasteiger partial charge in [0.15, 0.2) is 22.6 Å². The maximum Gasteiger partial charge on any atom is 0.204 e. The number of methoxy groups -OCH3 is 1. The van der Waals surface area contributed by atoms with E-state index in [0.717, 1.165) is 47.9 Å². The number of carbonyl (C=O) groups is 1. The second kappa shape index (κ2) is 10.2. The number of rotatable bonds is 8. The Morgan fingerprint density at radius 3 is 2.61 bits per heavy atom. The third-order valence-corrected chi connectivity index (χ3v) is 6.28. The van der Waals surface area contributed by atoms with Crippen molar-refractivity contribution in [3.8, 4) is 5.75 Å². The molecule has 3 heterocycles. The lowest BCUT2D eigenvalue weighted by atomic mass is 10.1. The van der Waals surface area contributed by atoms with Gasteiger partial charge in [0.25, 0.3) is 0 Å². The molecule has 2 aromatic heterocycles. The van der Waals surface area contributed by atoms with E-state index in [1.54, 1.807) is 14.0 Å². The van der Waals surface area contributed by atoms with Crippen LogP contribution in [0.25, 0.3) is 0 Å². The summed E-state index contributed by atoms with van der Waals surface area (Å²) in [5.74, 6) is 2.67. The minimum atomic E-state index is 0.143. The Kier molecular flexibility index (Phi) is 7.14. The van der Waals surface area contributed by atoms with Gasteiger partial charge in [0, 0.05) is 42.2 Å². The number of piperidine rings is 1. The standard InChI is InChI=1S/C23H29N7O2S/c1-14-12-19(29-28-14)25-21-20(32-3)22(30-10-8-17(24)9-11-30)27-23(26-21)33-18-6-4-16(5-7-18)13-15(2)31/h4-7,12,17H,8-11,13,24H2,1-3H3,(H2,25,26,27,28,29). The van der Waals surface area contributed by atoms with Crippen LogP contribution in [0.5, 0.6) is 5.75 Å². The monoisotopic (exact) mass is 467 g/mol. The van der Waals surface area contributed by atoms with E-state index in [1.165, 1.54) is 11.8 Å². The first kappa shape index (κ1) is 23.1. The highest BCUT2D eigenvalue weighted by molar-refractivity contribution is 7.99. The van der Waals surface area contributed by atoms with Crippen LogP contribution in [0.1, 0.15) is 31.0 Å². The van der Waals surface area contributed by atoms with E-state index in [2.05, 4.69) is 20.4 Å². The van der Waals surface area contributed by atoms with E-state index >= 15 is 0 Å². The van der Waals surface area contributed by atoms with Gasteiger partial charge < -0.3 is 20.7 Å². The molecule has 0 spiro atoms. The molecule has 0 unspecified atom stereocenters. The number of nitrogens with one attached hydrogen (secondary N) is 2. The molecule has 0 atom stereocenters. The maximum absolute atomic E-state index is 11.4. The Hall–Kier alpha value is -3.11. The molecular formula is C23H29N7O2S. The lowest BCUT2D eigenvalue weighted by molar-refractivity contribution is -0.116. The maximum atomic E-state index is 11.4. The molecule has 4 N–H and O–H groups in total. The van der Waals surface area contributed by atoms with Gasteiger partial charge in [0.05, 0.1) is 7.11 Å². The summed E-state index contributed by atoms with van der Waals surface area (Å²) in [7, 11) is 1.62. The van der Waals surface area contributed by atoms with Gasteiger partial charge in [-0.3, -0.25) is 9.89 Å². The van der Waals surface area contributed by atoms with Gasteiger partial charge in [-0.15, -0.1) is 0 Å². The Morgan fingerprint density at radius 1 is 1.27 bits per heavy atom. The number of carbonyl (C=O) groups excluding carboxylic acids is 1. The molecule has 3 aromatic rings. The van der Waals surface area contributed by atoms with Crippen LogP contribution < -0.4 is 20.7 Å². The van der Waals surface area contributed by atoms with Gasteiger partial charge >= 0.3 is 0 Å². The van der Waals surface area contributed by atoms with Crippen molar-refractivity contribution in [2.75, 3.05) is 30.4 Å². The van der Waals surface area contributed by atoms with Gasteiger partial charge in [-0.1, -0.05) is 12.1 Å². The fourth-order valence-electron chi connectivity index (χ4n) is 3.73. The summed E-state index contributed by atoms with van der Waals surface area (Å²) in [6, 6.07) is 10.0. The van der Waals surface area contributed by atoms with Crippen molar-refractivity contribution in [2.45, 2.75) is 49.2 Å². The lowest BCUT2D eigenvalue weighted by Crippen LogP contribution is -2.40. The molecule has 10 heteroatoms. The van der Waals surface area contributed by atoms with Crippen molar-refractivity contribution in [1.29, 1.82) is 0 Å². The highest BCUT2D eigenvalue weighted by Gasteiger charge is 2.25. The largest absolute Gasteiger partial charge is 0.490 e. The predicted octanol–water partition coefficient (Wildman–Crippen LogP) is 3.47. The molecule has 1 aliphatic rings. The smallest absolute Gasteiger partial charge is 0.204 e. The number of aromatic nitrogens is 4. The number of anilines is 3. The summed E-state index contributed by atoms with van der Waals surface area (Å²) in [6.45, 7) is 5.14. The van der Waals surface area contributed by atoms with Gasteiger partial charge in [0.2, 0.25) is 5.75 Å². The molecule has 0 radical (unpaired) electrons. The van der Waals surface area contributed by atoms with E-state index in [-0.39, 0.29) is 11.8 Å². The molecule has 0 aliphatic carbocycles. The number of ketones is 1. The van der Waals surface area contributed by atoms with Crippen molar-refractivity contribution in [1.82, 2.24) is 20.2 Å². The normalized spacial score (nSPS) is 14.4. The minimum absolute atomic E-state index is 0.143. The minimum Gasteiger partial charge on any atom is -0.490 e. The molecule has 1 saturated heterocycles. The number of hydrogen-bond donors (Lipinski definition) is 3. The summed E-state index contributed by atoms with van der Waals surface area (Å²) in [5, 5.41) is 11.1. The van der Waals surface area contributed by atoms with Crippen LogP contribution in [0.15, 0.2) is 40.4 Å². The summed E-state index contributed by atoms with van der Waals surface area (Å²) < 4.78 is 5.75. The zero-order valence-corrected chi connectivity index (χ0v) is 19.9. The number of aryl methyl sites for hydroxylation is 1. The summed E-state index contributed by atoms with van der Waals surface area (Å²) in [4.78, 5) is 24.2.